The zero-order chi connectivity index (χ0) is 18.2. The lowest BCUT2D eigenvalue weighted by Gasteiger charge is -2.57. The van der Waals surface area contributed by atoms with E-state index < -0.39 is 31.0 Å². The lowest BCUT2D eigenvalue weighted by Crippen LogP contribution is -2.84. The van der Waals surface area contributed by atoms with E-state index in [1.165, 1.54) is 4.72 Å². The first kappa shape index (κ1) is 21.4. The molecule has 0 saturated carbocycles. The van der Waals surface area contributed by atoms with Crippen molar-refractivity contribution in [2.75, 3.05) is 19.6 Å². The predicted molar refractivity (Wildman–Crippen MR) is 105 cm³/mol. The van der Waals surface area contributed by atoms with Gasteiger partial charge in [-0.1, -0.05) is 60.1 Å². The highest BCUT2D eigenvalue weighted by Gasteiger charge is 2.59. The highest BCUT2D eigenvalue weighted by atomic mass is 28.4. The number of hydrogen-bond donors (Lipinski definition) is 0. The van der Waals surface area contributed by atoms with Crippen molar-refractivity contribution in [3.8, 4) is 0 Å². The van der Waals surface area contributed by atoms with E-state index in [-0.39, 0.29) is 7.12 Å². The molecule has 0 bridgehead atoms. The van der Waals surface area contributed by atoms with Crippen molar-refractivity contribution < 1.29 is 8.63 Å². The Hall–Kier alpha value is 0.329. The fourth-order valence-electron chi connectivity index (χ4n) is 3.82. The van der Waals surface area contributed by atoms with E-state index in [4.69, 9.17) is 0 Å². The van der Waals surface area contributed by atoms with Crippen molar-refractivity contribution in [1.29, 1.82) is 0 Å². The van der Waals surface area contributed by atoms with Crippen molar-refractivity contribution in [1.82, 2.24) is 18.3 Å². The molecule has 0 aromatic heterocycles. The summed E-state index contributed by atoms with van der Waals surface area (Å²) in [5, 5.41) is 0. The quantitative estimate of drug-likeness (QED) is 0.676. The number of halogens is 2. The zero-order valence-corrected chi connectivity index (χ0v) is 18.4. The number of hydrogen-bond acceptors (Lipinski definition) is 4. The molecule has 1 rings (SSSR count). The van der Waals surface area contributed by atoms with Crippen LogP contribution in [0.3, 0.4) is 0 Å². The molecule has 23 heavy (non-hydrogen) atoms. The minimum absolute atomic E-state index is 0.295. The van der Waals surface area contributed by atoms with E-state index in [1.54, 1.807) is 0 Å². The van der Waals surface area contributed by atoms with Crippen molar-refractivity contribution in [2.45, 2.75) is 60.1 Å². The fourth-order valence-corrected chi connectivity index (χ4v) is 13.8. The minimum atomic E-state index is -1.76. The maximum Gasteiger partial charge on any atom is 0.504 e. The highest BCUT2D eigenvalue weighted by molar-refractivity contribution is 7.01. The van der Waals surface area contributed by atoms with Gasteiger partial charge in [-0.2, -0.15) is 0 Å². The first-order valence-corrected chi connectivity index (χ1v) is 15.7. The monoisotopic (exact) mass is 360 g/mol. The van der Waals surface area contributed by atoms with Crippen LogP contribution in [0.25, 0.3) is 0 Å². The second kappa shape index (κ2) is 7.70. The molecule has 1 fully saturated rings. The lowest BCUT2D eigenvalue weighted by molar-refractivity contribution is 0.361. The van der Waals surface area contributed by atoms with Crippen molar-refractivity contribution in [3.05, 3.63) is 0 Å². The second-order valence-electron chi connectivity index (χ2n) is 8.17. The summed E-state index contributed by atoms with van der Waals surface area (Å²) in [4.78, 5) is 0. The van der Waals surface area contributed by atoms with E-state index >= 15 is 8.63 Å². The van der Waals surface area contributed by atoms with Gasteiger partial charge in [-0.3, -0.25) is 13.4 Å². The molecule has 0 amide bonds. The van der Waals surface area contributed by atoms with Crippen LogP contribution in [0, 0.1) is 0 Å². The van der Waals surface area contributed by atoms with Gasteiger partial charge in [0.25, 0.3) is 0 Å². The fraction of sp³-hybridized carbons (Fsp3) is 1.00. The Morgan fingerprint density at radius 1 is 0.696 bits per heavy atom. The Morgan fingerprint density at radius 2 is 1.00 bits per heavy atom. The topological polar surface area (TPSA) is 13.0 Å². The van der Waals surface area contributed by atoms with Crippen LogP contribution in [0.5, 0.6) is 0 Å². The molecular formula is C12H33B3F2N4Si2. The van der Waals surface area contributed by atoms with Gasteiger partial charge in [0.1, 0.15) is 16.5 Å². The maximum atomic E-state index is 15.0. The Balaban J connectivity index is 3.41. The zero-order valence-electron chi connectivity index (χ0n) is 16.4. The Labute approximate surface area is 145 Å². The van der Waals surface area contributed by atoms with Gasteiger partial charge in [-0.05, 0) is 19.6 Å². The third kappa shape index (κ3) is 4.30. The standard InChI is InChI=1S/C12H33B3F2N4Si2/c1-10-18-13(16)19(11-2)15(20(12-3)14(18)17)21(22(4,5)6)23(7,8)9/h10-12H2,1-9H3. The van der Waals surface area contributed by atoms with Gasteiger partial charge in [0.05, 0.1) is 0 Å². The molecule has 0 atom stereocenters. The Kier molecular flexibility index (Phi) is 7.15. The number of rotatable bonds is 6. The molecule has 1 heterocycles. The van der Waals surface area contributed by atoms with Crippen LogP contribution in [0.1, 0.15) is 20.8 Å². The molecule has 132 valence electrons. The van der Waals surface area contributed by atoms with Crippen LogP contribution in [-0.2, 0) is 0 Å². The third-order valence-electron chi connectivity index (χ3n) is 4.46. The molecule has 0 aromatic rings. The van der Waals surface area contributed by atoms with Gasteiger partial charge in [0.15, 0.2) is 0 Å². The van der Waals surface area contributed by atoms with Crippen LogP contribution in [0.4, 0.5) is 8.63 Å². The molecule has 1 saturated heterocycles. The van der Waals surface area contributed by atoms with Crippen molar-refractivity contribution in [2.24, 2.45) is 0 Å². The molecule has 0 aromatic carbocycles. The largest absolute Gasteiger partial charge is 0.504 e. The molecule has 4 nitrogen and oxygen atoms in total. The van der Waals surface area contributed by atoms with Crippen LogP contribution in [-0.4, -0.2) is 76.0 Å². The van der Waals surface area contributed by atoms with Gasteiger partial charge in [-0.15, -0.1) is 0 Å². The molecular weight excluding hydrogens is 327 g/mol. The molecule has 11 heteroatoms. The first-order chi connectivity index (χ1) is 10.4. The summed E-state index contributed by atoms with van der Waals surface area (Å²) < 4.78 is 37.5. The summed E-state index contributed by atoms with van der Waals surface area (Å²) in [7, 11) is -6.55. The van der Waals surface area contributed by atoms with E-state index in [9.17, 15) is 0 Å². The van der Waals surface area contributed by atoms with Crippen LogP contribution in [0.15, 0.2) is 0 Å². The highest BCUT2D eigenvalue weighted by Crippen LogP contribution is 2.30. The summed E-state index contributed by atoms with van der Waals surface area (Å²) >= 11 is 0. The van der Waals surface area contributed by atoms with Crippen molar-refractivity contribution >= 4 is 38.1 Å². The molecule has 0 unspecified atom stereocenters. The predicted octanol–water partition coefficient (Wildman–Crippen LogP) is 2.83. The van der Waals surface area contributed by atoms with Crippen LogP contribution in [0.2, 0.25) is 39.3 Å². The molecule has 1 aliphatic rings. The SMILES string of the molecule is CCN1B(F)N(CC)B(N([Si](C)(C)C)[Si](C)(C)C)N(CC)B1F. The normalized spacial score (nSPS) is 20.1. The summed E-state index contributed by atoms with van der Waals surface area (Å²) in [6, 6.07) is 0. The number of nitrogens with zero attached hydrogens (tertiary/aromatic N) is 4. The van der Waals surface area contributed by atoms with Gasteiger partial charge < -0.3 is 13.6 Å². The minimum Gasteiger partial charge on any atom is -0.360 e. The van der Waals surface area contributed by atoms with Gasteiger partial charge in [0, 0.05) is 0 Å². The van der Waals surface area contributed by atoms with Crippen LogP contribution < -0.4 is 0 Å². The van der Waals surface area contributed by atoms with E-state index in [1.807, 2.05) is 30.2 Å². The third-order valence-corrected chi connectivity index (χ3v) is 11.8. The van der Waals surface area contributed by atoms with Crippen LogP contribution >= 0.6 is 0 Å². The Morgan fingerprint density at radius 3 is 1.22 bits per heavy atom. The molecule has 0 radical (unpaired) electrons. The smallest absolute Gasteiger partial charge is 0.360 e. The second-order valence-corrected chi connectivity index (χ2v) is 18.3. The molecule has 0 aliphatic carbocycles. The lowest BCUT2D eigenvalue weighted by atomic mass is 9.63. The average Bonchev–Trinajstić information content (AvgIpc) is 2.36. The van der Waals surface area contributed by atoms with Gasteiger partial charge in [-0.25, -0.2) is 0 Å². The molecule has 1 aliphatic heterocycles. The van der Waals surface area contributed by atoms with Gasteiger partial charge >= 0.3 is 21.6 Å². The van der Waals surface area contributed by atoms with Gasteiger partial charge in [0.2, 0.25) is 0 Å². The van der Waals surface area contributed by atoms with E-state index in [0.29, 0.717) is 19.6 Å². The maximum absolute atomic E-state index is 15.0. The van der Waals surface area contributed by atoms with Crippen molar-refractivity contribution in [3.63, 3.8) is 0 Å². The van der Waals surface area contributed by atoms with E-state index in [0.717, 1.165) is 0 Å². The summed E-state index contributed by atoms with van der Waals surface area (Å²) in [6.07, 6.45) is 0. The average molecular weight is 360 g/mol. The first-order valence-electron chi connectivity index (χ1n) is 8.76. The summed E-state index contributed by atoms with van der Waals surface area (Å²) in [5.41, 5.74) is 0. The molecule has 0 spiro atoms. The molecule has 0 N–H and O–H groups in total. The Bertz CT molecular complexity index is 365. The summed E-state index contributed by atoms with van der Waals surface area (Å²) in [5.74, 6) is 0. The summed E-state index contributed by atoms with van der Waals surface area (Å²) in [6.45, 7) is 20.9. The van der Waals surface area contributed by atoms with E-state index in [2.05, 4.69) is 43.4 Å².